The molecule has 1 aromatic heterocycles. The second kappa shape index (κ2) is 7.01. The van der Waals surface area contributed by atoms with Crippen molar-refractivity contribution < 1.29 is 18.8 Å². The monoisotopic (exact) mass is 443 g/mol. The Bertz CT molecular complexity index is 1060. The van der Waals surface area contributed by atoms with Gasteiger partial charge in [0.15, 0.2) is 6.04 Å². The molecule has 3 aliphatic heterocycles. The van der Waals surface area contributed by atoms with Crippen LogP contribution in [-0.4, -0.2) is 54.8 Å². The highest BCUT2D eigenvalue weighted by atomic mass is 35.5. The molecule has 10 heteroatoms. The Labute approximate surface area is 184 Å². The van der Waals surface area contributed by atoms with E-state index in [1.807, 2.05) is 23.1 Å². The lowest BCUT2D eigenvalue weighted by Gasteiger charge is -2.40. The van der Waals surface area contributed by atoms with Gasteiger partial charge in [-0.05, 0) is 43.9 Å². The number of methoxy groups -OCH3 is 1. The summed E-state index contributed by atoms with van der Waals surface area (Å²) in [6.07, 6.45) is 5.33. The van der Waals surface area contributed by atoms with Gasteiger partial charge in [0.25, 0.3) is 11.8 Å². The number of ether oxygens (including phenoxy) is 2. The summed E-state index contributed by atoms with van der Waals surface area (Å²) in [4.78, 5) is 26.5. The van der Waals surface area contributed by atoms with E-state index >= 15 is 0 Å². The molecule has 0 bridgehead atoms. The summed E-state index contributed by atoms with van der Waals surface area (Å²) in [6.45, 7) is 1.20. The zero-order valence-electron chi connectivity index (χ0n) is 17.0. The average Bonchev–Trinajstić information content (AvgIpc) is 3.18. The van der Waals surface area contributed by atoms with E-state index in [1.165, 1.54) is 0 Å². The predicted octanol–water partition coefficient (Wildman–Crippen LogP) is 2.84. The molecule has 0 radical (unpaired) electrons. The maximum absolute atomic E-state index is 13.7. The minimum Gasteiger partial charge on any atom is -0.376 e. The Balaban J connectivity index is 1.36. The molecule has 2 fully saturated rings. The van der Waals surface area contributed by atoms with Crippen LogP contribution < -0.4 is 9.80 Å². The van der Waals surface area contributed by atoms with Gasteiger partial charge in [0.05, 0.1) is 30.4 Å². The Kier molecular flexibility index (Phi) is 4.35. The molecule has 1 amide bonds. The smallest absolute Gasteiger partial charge is 0.254 e. The van der Waals surface area contributed by atoms with E-state index in [0.717, 1.165) is 43.7 Å². The lowest BCUT2D eigenvalue weighted by molar-refractivity contribution is -0.120. The van der Waals surface area contributed by atoms with E-state index in [9.17, 15) is 4.79 Å². The van der Waals surface area contributed by atoms with Gasteiger partial charge in [-0.1, -0.05) is 16.8 Å². The van der Waals surface area contributed by atoms with Gasteiger partial charge in [0.1, 0.15) is 11.6 Å². The molecule has 1 aliphatic carbocycles. The van der Waals surface area contributed by atoms with E-state index in [2.05, 4.69) is 15.1 Å². The number of fused-ring (bicyclic) bond motifs is 3. The van der Waals surface area contributed by atoms with Gasteiger partial charge in [-0.2, -0.15) is 4.98 Å². The first-order chi connectivity index (χ1) is 15.1. The van der Waals surface area contributed by atoms with Crippen LogP contribution in [0.15, 0.2) is 27.7 Å². The molecule has 4 heterocycles. The Hall–Kier alpha value is -2.49. The van der Waals surface area contributed by atoms with Crippen LogP contribution in [-0.2, 0) is 19.9 Å². The molecule has 9 nitrogen and oxygen atoms in total. The molecule has 3 unspecified atom stereocenters. The summed E-state index contributed by atoms with van der Waals surface area (Å²) < 4.78 is 16.9. The fraction of sp³-hybridized carbons (Fsp3) is 0.524. The number of carbonyl (C=O) groups excluding carboxylic acids is 1. The van der Waals surface area contributed by atoms with Crippen molar-refractivity contribution in [3.05, 3.63) is 34.9 Å². The lowest BCUT2D eigenvalue weighted by Crippen LogP contribution is -2.54. The molecule has 3 atom stereocenters. The molecule has 31 heavy (non-hydrogen) atoms. The molecular weight excluding hydrogens is 422 g/mol. The Morgan fingerprint density at radius 1 is 1.32 bits per heavy atom. The number of hydrogen-bond donors (Lipinski definition) is 0. The van der Waals surface area contributed by atoms with Crippen molar-refractivity contribution in [2.24, 2.45) is 4.99 Å². The Morgan fingerprint density at radius 3 is 2.94 bits per heavy atom. The van der Waals surface area contributed by atoms with Crippen molar-refractivity contribution >= 4 is 35.2 Å². The fourth-order valence-electron chi connectivity index (χ4n) is 4.68. The predicted molar refractivity (Wildman–Crippen MR) is 112 cm³/mol. The van der Waals surface area contributed by atoms with E-state index in [4.69, 9.17) is 25.6 Å². The van der Waals surface area contributed by atoms with E-state index < -0.39 is 17.7 Å². The lowest BCUT2D eigenvalue weighted by atomic mass is 10.0. The van der Waals surface area contributed by atoms with Gasteiger partial charge in [0.2, 0.25) is 5.82 Å². The third-order valence-corrected chi connectivity index (χ3v) is 6.82. The zero-order chi connectivity index (χ0) is 21.2. The minimum absolute atomic E-state index is 0.00883. The summed E-state index contributed by atoms with van der Waals surface area (Å²) in [5.41, 5.74) is 1.17. The SMILES string of the molecule is COC1(c2noc(C3N=CN4c5ccc(Cl)cc5N(CC5CCCO5)C(=O)C34)n2)CC1. The van der Waals surface area contributed by atoms with Crippen LogP contribution in [0, 0.1) is 0 Å². The van der Waals surface area contributed by atoms with Crippen molar-refractivity contribution in [3.63, 3.8) is 0 Å². The van der Waals surface area contributed by atoms with Crippen molar-refractivity contribution in [2.75, 3.05) is 30.1 Å². The number of aliphatic imine (C=N–C) groups is 1. The average molecular weight is 444 g/mol. The highest BCUT2D eigenvalue weighted by Gasteiger charge is 2.52. The minimum atomic E-state index is -0.596. The number of amides is 1. The van der Waals surface area contributed by atoms with Crippen LogP contribution in [0.5, 0.6) is 0 Å². The largest absolute Gasteiger partial charge is 0.376 e. The number of nitrogens with zero attached hydrogens (tertiary/aromatic N) is 5. The van der Waals surface area contributed by atoms with Crippen LogP contribution in [0.2, 0.25) is 5.02 Å². The number of rotatable bonds is 5. The standard InChI is InChI=1S/C21H22ClN5O4/c1-29-21(6-7-21)20-24-18(31-25-20)16-17-19(28)26(10-13-3-2-8-30-13)15-9-12(22)4-5-14(15)27(17)11-23-16/h4-5,9,11,13,16-17H,2-3,6-8,10H2,1H3. The molecule has 6 rings (SSSR count). The summed E-state index contributed by atoms with van der Waals surface area (Å²) in [7, 11) is 1.65. The second-order valence-electron chi connectivity index (χ2n) is 8.43. The maximum atomic E-state index is 13.7. The molecule has 162 valence electrons. The molecule has 1 aromatic carbocycles. The third-order valence-electron chi connectivity index (χ3n) is 6.58. The van der Waals surface area contributed by atoms with Crippen LogP contribution in [0.4, 0.5) is 11.4 Å². The summed E-state index contributed by atoms with van der Waals surface area (Å²) >= 11 is 6.27. The highest BCUT2D eigenvalue weighted by Crippen LogP contribution is 2.48. The highest BCUT2D eigenvalue weighted by molar-refractivity contribution is 6.31. The third kappa shape index (κ3) is 2.98. The van der Waals surface area contributed by atoms with Gasteiger partial charge in [0, 0.05) is 18.7 Å². The molecule has 1 saturated carbocycles. The number of carbonyl (C=O) groups is 1. The number of aromatic nitrogens is 2. The van der Waals surface area contributed by atoms with Gasteiger partial charge in [-0.25, -0.2) is 0 Å². The number of halogens is 1. The normalized spacial score (nSPS) is 28.2. The van der Waals surface area contributed by atoms with Gasteiger partial charge < -0.3 is 23.8 Å². The van der Waals surface area contributed by atoms with E-state index in [1.54, 1.807) is 18.3 Å². The van der Waals surface area contributed by atoms with Gasteiger partial charge in [-0.15, -0.1) is 0 Å². The Morgan fingerprint density at radius 2 is 2.19 bits per heavy atom. The first-order valence-electron chi connectivity index (χ1n) is 10.5. The quantitative estimate of drug-likeness (QED) is 0.701. The number of benzene rings is 1. The second-order valence-corrected chi connectivity index (χ2v) is 8.87. The molecule has 0 N–H and O–H groups in total. The van der Waals surface area contributed by atoms with Crippen molar-refractivity contribution in [1.29, 1.82) is 0 Å². The van der Waals surface area contributed by atoms with Gasteiger partial charge >= 0.3 is 0 Å². The fourth-order valence-corrected chi connectivity index (χ4v) is 4.84. The molecular formula is C21H22ClN5O4. The van der Waals surface area contributed by atoms with Crippen molar-refractivity contribution in [2.45, 2.75) is 49.5 Å². The summed E-state index contributed by atoms with van der Waals surface area (Å²) in [6, 6.07) is 4.37. The zero-order valence-corrected chi connectivity index (χ0v) is 17.8. The number of anilines is 2. The van der Waals surface area contributed by atoms with Gasteiger partial charge in [-0.3, -0.25) is 9.79 Å². The molecule has 1 saturated heterocycles. The molecule has 0 spiro atoms. The van der Waals surface area contributed by atoms with Crippen LogP contribution >= 0.6 is 11.6 Å². The first-order valence-corrected chi connectivity index (χ1v) is 10.9. The molecule has 4 aliphatic rings. The summed E-state index contributed by atoms with van der Waals surface area (Å²) in [5.74, 6) is 0.760. The van der Waals surface area contributed by atoms with Crippen LogP contribution in [0.25, 0.3) is 0 Å². The summed E-state index contributed by atoms with van der Waals surface area (Å²) in [5, 5.41) is 4.70. The van der Waals surface area contributed by atoms with Crippen LogP contribution in [0.3, 0.4) is 0 Å². The van der Waals surface area contributed by atoms with Crippen molar-refractivity contribution in [3.8, 4) is 0 Å². The molecule has 2 aromatic rings. The maximum Gasteiger partial charge on any atom is 0.254 e. The van der Waals surface area contributed by atoms with E-state index in [-0.39, 0.29) is 12.0 Å². The number of hydrogen-bond acceptors (Lipinski definition) is 8. The first kappa shape index (κ1) is 19.2. The van der Waals surface area contributed by atoms with Crippen LogP contribution in [0.1, 0.15) is 43.4 Å². The topological polar surface area (TPSA) is 93.3 Å². The van der Waals surface area contributed by atoms with Crippen molar-refractivity contribution in [1.82, 2.24) is 10.1 Å². The van der Waals surface area contributed by atoms with E-state index in [0.29, 0.717) is 23.3 Å².